The summed E-state index contributed by atoms with van der Waals surface area (Å²) in [7, 11) is 0. The number of aromatic amines is 1. The Kier molecular flexibility index (Phi) is 3.29. The van der Waals surface area contributed by atoms with Crippen molar-refractivity contribution in [1.82, 2.24) is 14.9 Å². The first-order valence-corrected chi connectivity index (χ1v) is 6.46. The number of H-pyrrole nitrogens is 1. The topological polar surface area (TPSA) is 70.2 Å². The van der Waals surface area contributed by atoms with Crippen LogP contribution in [0.5, 0.6) is 0 Å². The quantitative estimate of drug-likeness (QED) is 0.793. The van der Waals surface area contributed by atoms with Gasteiger partial charge < -0.3 is 15.0 Å². The van der Waals surface area contributed by atoms with Crippen LogP contribution in [-0.4, -0.2) is 53.3 Å². The molecule has 2 fully saturated rings. The van der Waals surface area contributed by atoms with Gasteiger partial charge in [0, 0.05) is 31.5 Å². The number of hydrogen-bond donors (Lipinski definition) is 2. The van der Waals surface area contributed by atoms with Gasteiger partial charge in [0.25, 0.3) is 5.56 Å². The standard InChI is InChI=1S/C12H18N4O2/c17-12-11(13-3-4-14-12)15-6-10-7-16-5-1-2-9(16)8-18-10/h3-4,9-10H,1-2,5-8H2,(H,13,15)(H,14,17). The Morgan fingerprint density at radius 2 is 2.56 bits per heavy atom. The number of anilines is 1. The smallest absolute Gasteiger partial charge is 0.290 e. The van der Waals surface area contributed by atoms with Crippen LogP contribution in [0.1, 0.15) is 12.8 Å². The van der Waals surface area contributed by atoms with Gasteiger partial charge in [-0.1, -0.05) is 0 Å². The highest BCUT2D eigenvalue weighted by atomic mass is 16.5. The molecule has 3 rings (SSSR count). The van der Waals surface area contributed by atoms with Crippen LogP contribution in [-0.2, 0) is 4.74 Å². The third-order valence-corrected chi connectivity index (χ3v) is 3.67. The molecule has 3 heterocycles. The van der Waals surface area contributed by atoms with Crippen molar-refractivity contribution in [2.75, 3.05) is 31.6 Å². The molecule has 98 valence electrons. The van der Waals surface area contributed by atoms with E-state index in [4.69, 9.17) is 4.74 Å². The maximum Gasteiger partial charge on any atom is 0.290 e. The van der Waals surface area contributed by atoms with E-state index in [1.165, 1.54) is 25.6 Å². The molecule has 0 aromatic carbocycles. The molecule has 2 N–H and O–H groups in total. The zero-order valence-electron chi connectivity index (χ0n) is 10.3. The van der Waals surface area contributed by atoms with Crippen molar-refractivity contribution < 1.29 is 4.74 Å². The molecule has 0 bridgehead atoms. The van der Waals surface area contributed by atoms with Gasteiger partial charge in [-0.3, -0.25) is 9.69 Å². The molecule has 1 aromatic heterocycles. The summed E-state index contributed by atoms with van der Waals surface area (Å²) in [6, 6.07) is 0.611. The number of ether oxygens (including phenoxy) is 1. The van der Waals surface area contributed by atoms with Gasteiger partial charge in [-0.25, -0.2) is 4.98 Å². The molecule has 2 saturated heterocycles. The van der Waals surface area contributed by atoms with Gasteiger partial charge in [0.1, 0.15) is 0 Å². The van der Waals surface area contributed by atoms with Crippen LogP contribution in [0.25, 0.3) is 0 Å². The average molecular weight is 250 g/mol. The summed E-state index contributed by atoms with van der Waals surface area (Å²) in [6.45, 7) is 3.56. The third-order valence-electron chi connectivity index (χ3n) is 3.67. The lowest BCUT2D eigenvalue weighted by atomic mass is 10.2. The zero-order chi connectivity index (χ0) is 12.4. The summed E-state index contributed by atoms with van der Waals surface area (Å²) in [5.74, 6) is 0.365. The first kappa shape index (κ1) is 11.7. The second-order valence-electron chi connectivity index (χ2n) is 4.89. The Bertz CT molecular complexity index is 461. The molecule has 0 spiro atoms. The molecule has 2 aliphatic rings. The van der Waals surface area contributed by atoms with Crippen LogP contribution in [0.15, 0.2) is 17.2 Å². The average Bonchev–Trinajstić information content (AvgIpc) is 2.85. The molecule has 18 heavy (non-hydrogen) atoms. The molecule has 2 atom stereocenters. The monoisotopic (exact) mass is 250 g/mol. The summed E-state index contributed by atoms with van der Waals surface area (Å²) >= 11 is 0. The molecule has 6 nitrogen and oxygen atoms in total. The van der Waals surface area contributed by atoms with E-state index in [2.05, 4.69) is 20.2 Å². The van der Waals surface area contributed by atoms with Crippen LogP contribution in [0, 0.1) is 0 Å². The summed E-state index contributed by atoms with van der Waals surface area (Å²) in [5, 5.41) is 3.06. The van der Waals surface area contributed by atoms with E-state index in [1.807, 2.05) is 0 Å². The molecule has 1 aromatic rings. The van der Waals surface area contributed by atoms with Crippen molar-refractivity contribution in [3.8, 4) is 0 Å². The minimum absolute atomic E-state index is 0.140. The van der Waals surface area contributed by atoms with Crippen molar-refractivity contribution in [1.29, 1.82) is 0 Å². The highest BCUT2D eigenvalue weighted by molar-refractivity contribution is 5.30. The van der Waals surface area contributed by atoms with Crippen LogP contribution in [0.2, 0.25) is 0 Å². The van der Waals surface area contributed by atoms with Crippen molar-refractivity contribution in [2.45, 2.75) is 25.0 Å². The third kappa shape index (κ3) is 2.39. The van der Waals surface area contributed by atoms with Crippen LogP contribution < -0.4 is 10.9 Å². The lowest BCUT2D eigenvalue weighted by molar-refractivity contribution is -0.0416. The van der Waals surface area contributed by atoms with Crippen molar-refractivity contribution in [3.05, 3.63) is 22.7 Å². The molecular formula is C12H18N4O2. The second kappa shape index (κ2) is 5.07. The summed E-state index contributed by atoms with van der Waals surface area (Å²) in [4.78, 5) is 20.5. The predicted molar refractivity (Wildman–Crippen MR) is 67.7 cm³/mol. The van der Waals surface area contributed by atoms with Gasteiger partial charge in [-0.2, -0.15) is 0 Å². The Morgan fingerprint density at radius 3 is 3.44 bits per heavy atom. The summed E-state index contributed by atoms with van der Waals surface area (Å²) in [6.07, 6.45) is 5.76. The number of nitrogens with one attached hydrogen (secondary N) is 2. The second-order valence-corrected chi connectivity index (χ2v) is 4.89. The van der Waals surface area contributed by atoms with Crippen LogP contribution in [0.3, 0.4) is 0 Å². The Hall–Kier alpha value is -1.40. The lowest BCUT2D eigenvalue weighted by Gasteiger charge is -2.35. The highest BCUT2D eigenvalue weighted by Gasteiger charge is 2.31. The first-order chi connectivity index (χ1) is 8.83. The van der Waals surface area contributed by atoms with Crippen molar-refractivity contribution in [2.24, 2.45) is 0 Å². The number of aromatic nitrogens is 2. The van der Waals surface area contributed by atoms with Gasteiger partial charge in [-0.05, 0) is 19.4 Å². The van der Waals surface area contributed by atoms with E-state index in [-0.39, 0.29) is 11.7 Å². The maximum atomic E-state index is 11.4. The fourth-order valence-electron chi connectivity index (χ4n) is 2.70. The van der Waals surface area contributed by atoms with Crippen LogP contribution in [0.4, 0.5) is 5.82 Å². The van der Waals surface area contributed by atoms with E-state index >= 15 is 0 Å². The maximum absolute atomic E-state index is 11.4. The van der Waals surface area contributed by atoms with Crippen molar-refractivity contribution in [3.63, 3.8) is 0 Å². The fourth-order valence-corrected chi connectivity index (χ4v) is 2.70. The Labute approximate surface area is 105 Å². The molecule has 0 aliphatic carbocycles. The molecule has 0 radical (unpaired) electrons. The SMILES string of the molecule is O=c1[nH]ccnc1NCC1CN2CCCC2CO1. The minimum atomic E-state index is -0.188. The van der Waals surface area contributed by atoms with Gasteiger partial charge >= 0.3 is 0 Å². The summed E-state index contributed by atoms with van der Waals surface area (Å²) in [5.41, 5.74) is -0.188. The number of morpholine rings is 1. The largest absolute Gasteiger partial charge is 0.373 e. The molecule has 6 heteroatoms. The fraction of sp³-hybridized carbons (Fsp3) is 0.667. The lowest BCUT2D eigenvalue weighted by Crippen LogP contribution is -2.48. The number of rotatable bonds is 3. The molecule has 0 saturated carbocycles. The summed E-state index contributed by atoms with van der Waals surface area (Å²) < 4.78 is 5.81. The number of nitrogens with zero attached hydrogens (tertiary/aromatic N) is 2. The van der Waals surface area contributed by atoms with E-state index in [9.17, 15) is 4.79 Å². The van der Waals surface area contributed by atoms with Crippen molar-refractivity contribution >= 4 is 5.82 Å². The Morgan fingerprint density at radius 1 is 1.61 bits per heavy atom. The van der Waals surface area contributed by atoms with Gasteiger partial charge in [0.05, 0.1) is 12.7 Å². The van der Waals surface area contributed by atoms with E-state index in [0.29, 0.717) is 18.4 Å². The van der Waals surface area contributed by atoms with E-state index in [1.54, 1.807) is 6.20 Å². The minimum Gasteiger partial charge on any atom is -0.373 e. The normalized spacial score (nSPS) is 28.0. The van der Waals surface area contributed by atoms with Gasteiger partial charge in [-0.15, -0.1) is 0 Å². The Balaban J connectivity index is 1.55. The zero-order valence-corrected chi connectivity index (χ0v) is 10.3. The van der Waals surface area contributed by atoms with E-state index in [0.717, 1.165) is 13.2 Å². The molecular weight excluding hydrogens is 232 g/mol. The predicted octanol–water partition coefficient (Wildman–Crippen LogP) is 0.0450. The number of fused-ring (bicyclic) bond motifs is 1. The molecule has 2 unspecified atom stereocenters. The first-order valence-electron chi connectivity index (χ1n) is 6.46. The molecule has 2 aliphatic heterocycles. The van der Waals surface area contributed by atoms with Crippen LogP contribution >= 0.6 is 0 Å². The highest BCUT2D eigenvalue weighted by Crippen LogP contribution is 2.22. The molecule has 0 amide bonds. The number of hydrogen-bond acceptors (Lipinski definition) is 5. The van der Waals surface area contributed by atoms with Gasteiger partial charge in [0.15, 0.2) is 5.82 Å². The van der Waals surface area contributed by atoms with E-state index < -0.39 is 0 Å². The van der Waals surface area contributed by atoms with Gasteiger partial charge in [0.2, 0.25) is 0 Å².